The van der Waals surface area contributed by atoms with Gasteiger partial charge in [-0.15, -0.1) is 0 Å². The molecule has 2 unspecified atom stereocenters. The molecule has 1 aliphatic carbocycles. The third-order valence-corrected chi connectivity index (χ3v) is 5.48. The topological polar surface area (TPSA) is 12.0 Å². The summed E-state index contributed by atoms with van der Waals surface area (Å²) in [6, 6.07) is 9.43. The lowest BCUT2D eigenvalue weighted by molar-refractivity contribution is 0.587. The summed E-state index contributed by atoms with van der Waals surface area (Å²) in [5.41, 5.74) is 2.76. The Balaban J connectivity index is 2.00. The number of nitrogens with one attached hydrogen (secondary N) is 1. The van der Waals surface area contributed by atoms with Crippen molar-refractivity contribution in [2.45, 2.75) is 56.1 Å². The largest absolute Gasteiger partial charge is 0.312 e. The first kappa shape index (κ1) is 14.0. The standard InChI is InChI=1S/C16H25NS/c1-12-8-10-14(11-9-12)16(17-3)13(2)18-15-6-4-5-7-15/h8-11,13,15-17H,4-7H2,1-3H3. The van der Waals surface area contributed by atoms with Gasteiger partial charge in [0, 0.05) is 16.5 Å². The van der Waals surface area contributed by atoms with Gasteiger partial charge in [-0.25, -0.2) is 0 Å². The van der Waals surface area contributed by atoms with Gasteiger partial charge in [0.2, 0.25) is 0 Å². The monoisotopic (exact) mass is 263 g/mol. The Kier molecular flexibility index (Phi) is 5.13. The van der Waals surface area contributed by atoms with E-state index in [9.17, 15) is 0 Å². The molecule has 0 aliphatic heterocycles. The first-order chi connectivity index (χ1) is 8.70. The van der Waals surface area contributed by atoms with E-state index in [4.69, 9.17) is 0 Å². The van der Waals surface area contributed by atoms with Crippen LogP contribution >= 0.6 is 11.8 Å². The Bertz CT molecular complexity index is 354. The van der Waals surface area contributed by atoms with Gasteiger partial charge in [-0.05, 0) is 32.4 Å². The first-order valence-electron chi connectivity index (χ1n) is 7.10. The smallest absolute Gasteiger partial charge is 0.0435 e. The molecule has 100 valence electrons. The van der Waals surface area contributed by atoms with Crippen LogP contribution in [0, 0.1) is 6.92 Å². The Morgan fingerprint density at radius 1 is 1.17 bits per heavy atom. The van der Waals surface area contributed by atoms with Gasteiger partial charge in [0.05, 0.1) is 0 Å². The number of hydrogen-bond donors (Lipinski definition) is 1. The normalized spacial score (nSPS) is 19.9. The number of aryl methyl sites for hydroxylation is 1. The second-order valence-electron chi connectivity index (χ2n) is 5.42. The van der Waals surface area contributed by atoms with Crippen LogP contribution in [0.3, 0.4) is 0 Å². The molecule has 0 saturated heterocycles. The molecule has 0 heterocycles. The molecule has 0 spiro atoms. The van der Waals surface area contributed by atoms with Crippen LogP contribution in [-0.2, 0) is 0 Å². The van der Waals surface area contributed by atoms with Crippen LogP contribution in [0.4, 0.5) is 0 Å². The minimum absolute atomic E-state index is 0.469. The third-order valence-electron chi connectivity index (χ3n) is 3.93. The van der Waals surface area contributed by atoms with E-state index in [0.29, 0.717) is 11.3 Å². The first-order valence-corrected chi connectivity index (χ1v) is 8.04. The fraction of sp³-hybridized carbons (Fsp3) is 0.625. The van der Waals surface area contributed by atoms with Gasteiger partial charge in [0.25, 0.3) is 0 Å². The molecule has 0 bridgehead atoms. The molecule has 1 N–H and O–H groups in total. The fourth-order valence-electron chi connectivity index (χ4n) is 2.85. The van der Waals surface area contributed by atoms with E-state index in [1.165, 1.54) is 36.8 Å². The van der Waals surface area contributed by atoms with Gasteiger partial charge in [-0.1, -0.05) is 49.6 Å². The zero-order valence-electron chi connectivity index (χ0n) is 11.8. The molecule has 1 saturated carbocycles. The second-order valence-corrected chi connectivity index (χ2v) is 7.11. The summed E-state index contributed by atoms with van der Waals surface area (Å²) in [6.07, 6.45) is 5.69. The van der Waals surface area contributed by atoms with Gasteiger partial charge in [-0.3, -0.25) is 0 Å². The van der Waals surface area contributed by atoms with Crippen LogP contribution in [0.2, 0.25) is 0 Å². The summed E-state index contributed by atoms with van der Waals surface area (Å²) < 4.78 is 0. The summed E-state index contributed by atoms with van der Waals surface area (Å²) in [6.45, 7) is 4.51. The third kappa shape index (κ3) is 3.52. The average Bonchev–Trinajstić information content (AvgIpc) is 2.85. The molecule has 2 atom stereocenters. The van der Waals surface area contributed by atoms with E-state index in [1.807, 2.05) is 0 Å². The lowest BCUT2D eigenvalue weighted by Crippen LogP contribution is -2.26. The summed E-state index contributed by atoms with van der Waals surface area (Å²) >= 11 is 2.18. The van der Waals surface area contributed by atoms with E-state index >= 15 is 0 Å². The highest BCUT2D eigenvalue weighted by atomic mass is 32.2. The fourth-order valence-corrected chi connectivity index (χ4v) is 4.52. The molecule has 0 aromatic heterocycles. The molecule has 2 rings (SSSR count). The molecular formula is C16H25NS. The molecule has 18 heavy (non-hydrogen) atoms. The van der Waals surface area contributed by atoms with Crippen molar-refractivity contribution in [3.63, 3.8) is 0 Å². The molecular weight excluding hydrogens is 238 g/mol. The highest BCUT2D eigenvalue weighted by molar-refractivity contribution is 8.00. The van der Waals surface area contributed by atoms with Crippen LogP contribution in [0.5, 0.6) is 0 Å². The predicted molar refractivity (Wildman–Crippen MR) is 82.3 cm³/mol. The number of hydrogen-bond acceptors (Lipinski definition) is 2. The van der Waals surface area contributed by atoms with Crippen LogP contribution in [0.15, 0.2) is 24.3 Å². The van der Waals surface area contributed by atoms with Crippen molar-refractivity contribution in [3.05, 3.63) is 35.4 Å². The highest BCUT2D eigenvalue weighted by Gasteiger charge is 2.23. The van der Waals surface area contributed by atoms with Gasteiger partial charge < -0.3 is 5.32 Å². The van der Waals surface area contributed by atoms with E-state index in [1.54, 1.807) is 0 Å². The SMILES string of the molecule is CNC(c1ccc(C)cc1)C(C)SC1CCCC1. The predicted octanol–water partition coefficient (Wildman–Crippen LogP) is 4.32. The van der Waals surface area contributed by atoms with Gasteiger partial charge in [0.15, 0.2) is 0 Å². The van der Waals surface area contributed by atoms with Crippen molar-refractivity contribution in [1.29, 1.82) is 0 Å². The molecule has 0 radical (unpaired) electrons. The summed E-state index contributed by atoms with van der Waals surface area (Å²) in [5.74, 6) is 0. The number of rotatable bonds is 5. The maximum atomic E-state index is 3.49. The lowest BCUT2D eigenvalue weighted by atomic mass is 10.0. The lowest BCUT2D eigenvalue weighted by Gasteiger charge is -2.26. The Morgan fingerprint density at radius 3 is 2.33 bits per heavy atom. The van der Waals surface area contributed by atoms with Crippen LogP contribution in [-0.4, -0.2) is 17.5 Å². The zero-order valence-corrected chi connectivity index (χ0v) is 12.6. The molecule has 1 aromatic rings. The van der Waals surface area contributed by atoms with Crippen molar-refractivity contribution in [1.82, 2.24) is 5.32 Å². The van der Waals surface area contributed by atoms with Crippen LogP contribution in [0.1, 0.15) is 49.8 Å². The Morgan fingerprint density at radius 2 is 1.78 bits per heavy atom. The molecule has 1 aliphatic rings. The maximum Gasteiger partial charge on any atom is 0.0435 e. The molecule has 0 amide bonds. The maximum absolute atomic E-state index is 3.49. The second kappa shape index (κ2) is 6.63. The summed E-state index contributed by atoms with van der Waals surface area (Å²) in [7, 11) is 2.08. The minimum atomic E-state index is 0.469. The van der Waals surface area contributed by atoms with E-state index in [2.05, 4.69) is 62.2 Å². The van der Waals surface area contributed by atoms with E-state index in [-0.39, 0.29) is 0 Å². The van der Waals surface area contributed by atoms with Crippen molar-refractivity contribution in [2.75, 3.05) is 7.05 Å². The van der Waals surface area contributed by atoms with Gasteiger partial charge in [0.1, 0.15) is 0 Å². The number of thioether (sulfide) groups is 1. The highest BCUT2D eigenvalue weighted by Crippen LogP contribution is 2.36. The van der Waals surface area contributed by atoms with E-state index in [0.717, 1.165) is 5.25 Å². The van der Waals surface area contributed by atoms with Crippen molar-refractivity contribution in [3.8, 4) is 0 Å². The molecule has 1 fully saturated rings. The van der Waals surface area contributed by atoms with Crippen molar-refractivity contribution in [2.24, 2.45) is 0 Å². The van der Waals surface area contributed by atoms with Crippen molar-refractivity contribution < 1.29 is 0 Å². The molecule has 1 nitrogen and oxygen atoms in total. The van der Waals surface area contributed by atoms with Crippen molar-refractivity contribution >= 4 is 11.8 Å². The average molecular weight is 263 g/mol. The Hall–Kier alpha value is -0.470. The minimum Gasteiger partial charge on any atom is -0.312 e. The molecule has 1 aromatic carbocycles. The quantitative estimate of drug-likeness (QED) is 0.849. The summed E-state index contributed by atoms with van der Waals surface area (Å²) in [5, 5.41) is 5.02. The van der Waals surface area contributed by atoms with E-state index < -0.39 is 0 Å². The Labute approximate surface area is 116 Å². The van der Waals surface area contributed by atoms with Gasteiger partial charge >= 0.3 is 0 Å². The van der Waals surface area contributed by atoms with Crippen LogP contribution < -0.4 is 5.32 Å². The summed E-state index contributed by atoms with van der Waals surface area (Å²) in [4.78, 5) is 0. The van der Waals surface area contributed by atoms with Gasteiger partial charge in [-0.2, -0.15) is 11.8 Å². The molecule has 2 heteroatoms. The number of benzene rings is 1. The zero-order chi connectivity index (χ0) is 13.0. The van der Waals surface area contributed by atoms with Crippen LogP contribution in [0.25, 0.3) is 0 Å².